The van der Waals surface area contributed by atoms with Gasteiger partial charge in [-0.15, -0.1) is 0 Å². The molecule has 1 nitrogen and oxygen atoms in total. The molecule has 2 N–H and O–H groups in total. The average molecular weight is 287 g/mol. The van der Waals surface area contributed by atoms with Gasteiger partial charge in [-0.05, 0) is 58.3 Å². The molecule has 3 rings (SSSR count). The summed E-state index contributed by atoms with van der Waals surface area (Å²) in [5.41, 5.74) is 7.67. The van der Waals surface area contributed by atoms with Crippen molar-refractivity contribution >= 4 is 27.5 Å². The first-order valence-electron chi connectivity index (χ1n) is 5.38. The summed E-state index contributed by atoms with van der Waals surface area (Å²) in [6.07, 6.45) is 3.94. The highest BCUT2D eigenvalue weighted by Crippen LogP contribution is 2.64. The van der Waals surface area contributed by atoms with Crippen molar-refractivity contribution in [2.24, 2.45) is 17.6 Å². The lowest BCUT2D eigenvalue weighted by Crippen LogP contribution is -2.25. The summed E-state index contributed by atoms with van der Waals surface area (Å²) in [4.78, 5) is 0. The molecule has 2 saturated carbocycles. The largest absolute Gasteiger partial charge is 0.321 e. The normalized spacial score (nSPS) is 37.8. The highest BCUT2D eigenvalue weighted by molar-refractivity contribution is 9.10. The Morgan fingerprint density at radius 2 is 2.00 bits per heavy atom. The summed E-state index contributed by atoms with van der Waals surface area (Å²) in [5, 5.41) is 0.758. The maximum absolute atomic E-state index is 6.47. The first-order valence-corrected chi connectivity index (χ1v) is 6.55. The van der Waals surface area contributed by atoms with E-state index in [1.807, 2.05) is 6.07 Å². The molecule has 2 aliphatic carbocycles. The molecule has 0 heterocycles. The molecule has 0 saturated heterocycles. The Bertz CT molecular complexity index is 408. The third-order valence-corrected chi connectivity index (χ3v) is 5.27. The van der Waals surface area contributed by atoms with Crippen LogP contribution >= 0.6 is 27.5 Å². The van der Waals surface area contributed by atoms with Crippen molar-refractivity contribution in [3.63, 3.8) is 0 Å². The van der Waals surface area contributed by atoms with Crippen molar-refractivity contribution in [1.82, 2.24) is 0 Å². The molecule has 2 unspecified atom stereocenters. The van der Waals surface area contributed by atoms with Crippen LogP contribution in [0.1, 0.15) is 24.8 Å². The molecule has 1 aromatic rings. The Balaban J connectivity index is 1.97. The first-order chi connectivity index (χ1) is 7.14. The van der Waals surface area contributed by atoms with E-state index < -0.39 is 0 Å². The molecule has 1 aromatic carbocycles. The molecule has 0 amide bonds. The number of hydrogen-bond donors (Lipinski definition) is 1. The minimum atomic E-state index is -0.0502. The van der Waals surface area contributed by atoms with Crippen molar-refractivity contribution in [1.29, 1.82) is 0 Å². The van der Waals surface area contributed by atoms with Crippen LogP contribution in [0.25, 0.3) is 0 Å². The smallest absolute Gasteiger partial charge is 0.0548 e. The monoisotopic (exact) mass is 285 g/mol. The Hall–Kier alpha value is -0.0500. The molecule has 3 heteroatoms. The van der Waals surface area contributed by atoms with Crippen LogP contribution in [0.4, 0.5) is 0 Å². The van der Waals surface area contributed by atoms with Crippen molar-refractivity contribution in [3.05, 3.63) is 33.3 Å². The second-order valence-corrected chi connectivity index (χ2v) is 5.97. The van der Waals surface area contributed by atoms with Gasteiger partial charge in [0.1, 0.15) is 0 Å². The number of halogens is 2. The van der Waals surface area contributed by atoms with E-state index in [4.69, 9.17) is 17.3 Å². The van der Waals surface area contributed by atoms with Crippen molar-refractivity contribution < 1.29 is 0 Å². The number of fused-ring (bicyclic) bond motifs is 1. The standard InChI is InChI=1S/C12H13BrClN/c13-10-6-7(4-5-11(10)14)12(15)8-2-1-3-9(8)12/h4-6,8-9H,1-3,15H2. The van der Waals surface area contributed by atoms with Crippen LogP contribution in [0.15, 0.2) is 22.7 Å². The quantitative estimate of drug-likeness (QED) is 0.837. The highest BCUT2D eigenvalue weighted by atomic mass is 79.9. The van der Waals surface area contributed by atoms with E-state index in [0.29, 0.717) is 11.8 Å². The minimum Gasteiger partial charge on any atom is -0.321 e. The van der Waals surface area contributed by atoms with Gasteiger partial charge in [-0.1, -0.05) is 24.1 Å². The molecule has 0 spiro atoms. The van der Waals surface area contributed by atoms with Crippen LogP contribution in [0.5, 0.6) is 0 Å². The van der Waals surface area contributed by atoms with Gasteiger partial charge in [0.2, 0.25) is 0 Å². The van der Waals surface area contributed by atoms with Crippen LogP contribution in [0.2, 0.25) is 5.02 Å². The van der Waals surface area contributed by atoms with Gasteiger partial charge in [-0.2, -0.15) is 0 Å². The second kappa shape index (κ2) is 3.22. The summed E-state index contributed by atoms with van der Waals surface area (Å²) >= 11 is 9.44. The maximum atomic E-state index is 6.47. The zero-order chi connectivity index (χ0) is 10.6. The zero-order valence-electron chi connectivity index (χ0n) is 8.34. The van der Waals surface area contributed by atoms with Crippen LogP contribution in [-0.4, -0.2) is 0 Å². The highest BCUT2D eigenvalue weighted by Gasteiger charge is 2.64. The van der Waals surface area contributed by atoms with E-state index in [1.54, 1.807) is 0 Å². The lowest BCUT2D eigenvalue weighted by molar-refractivity contribution is 0.526. The topological polar surface area (TPSA) is 26.0 Å². The second-order valence-electron chi connectivity index (χ2n) is 4.71. The van der Waals surface area contributed by atoms with E-state index in [0.717, 1.165) is 9.50 Å². The van der Waals surface area contributed by atoms with E-state index in [-0.39, 0.29) is 5.54 Å². The number of benzene rings is 1. The number of hydrogen-bond acceptors (Lipinski definition) is 1. The Morgan fingerprint density at radius 3 is 2.60 bits per heavy atom. The van der Waals surface area contributed by atoms with Crippen LogP contribution in [0, 0.1) is 11.8 Å². The summed E-state index contributed by atoms with van der Waals surface area (Å²) in [5.74, 6) is 1.43. The lowest BCUT2D eigenvalue weighted by atomic mass is 9.97. The van der Waals surface area contributed by atoms with Crippen molar-refractivity contribution in [2.45, 2.75) is 24.8 Å². The molecule has 2 atom stereocenters. The van der Waals surface area contributed by atoms with Gasteiger partial charge < -0.3 is 5.73 Å². The molecule has 2 aliphatic rings. The van der Waals surface area contributed by atoms with Gasteiger partial charge in [0, 0.05) is 10.0 Å². The van der Waals surface area contributed by atoms with Crippen molar-refractivity contribution in [3.8, 4) is 0 Å². The third kappa shape index (κ3) is 1.31. The van der Waals surface area contributed by atoms with E-state index in [2.05, 4.69) is 28.1 Å². The van der Waals surface area contributed by atoms with Gasteiger partial charge in [-0.25, -0.2) is 0 Å². The molecule has 0 radical (unpaired) electrons. The molecular formula is C12H13BrClN. The van der Waals surface area contributed by atoms with E-state index >= 15 is 0 Å². The van der Waals surface area contributed by atoms with Crippen LogP contribution in [0.3, 0.4) is 0 Å². The molecule has 0 bridgehead atoms. The third-order valence-electron chi connectivity index (χ3n) is 4.05. The van der Waals surface area contributed by atoms with Crippen LogP contribution < -0.4 is 5.73 Å². The minimum absolute atomic E-state index is 0.0502. The Labute approximate surface area is 103 Å². The molecule has 15 heavy (non-hydrogen) atoms. The number of nitrogens with two attached hydrogens (primary N) is 1. The summed E-state index contributed by atoms with van der Waals surface area (Å²) < 4.78 is 0.955. The Kier molecular flexibility index (Phi) is 2.17. The fourth-order valence-electron chi connectivity index (χ4n) is 3.19. The van der Waals surface area contributed by atoms with E-state index in [1.165, 1.54) is 24.8 Å². The predicted molar refractivity (Wildman–Crippen MR) is 65.8 cm³/mol. The lowest BCUT2D eigenvalue weighted by Gasteiger charge is -2.16. The number of rotatable bonds is 1. The Morgan fingerprint density at radius 1 is 1.33 bits per heavy atom. The molecule has 0 aliphatic heterocycles. The van der Waals surface area contributed by atoms with Gasteiger partial charge in [0.05, 0.1) is 5.02 Å². The summed E-state index contributed by atoms with van der Waals surface area (Å²) in [6.45, 7) is 0. The molecular weight excluding hydrogens is 273 g/mol. The molecule has 0 aromatic heterocycles. The van der Waals surface area contributed by atoms with Gasteiger partial charge in [0.25, 0.3) is 0 Å². The van der Waals surface area contributed by atoms with E-state index in [9.17, 15) is 0 Å². The SMILES string of the molecule is NC1(c2ccc(Cl)c(Br)c2)C2CCCC21. The van der Waals surface area contributed by atoms with Gasteiger partial charge in [0.15, 0.2) is 0 Å². The summed E-state index contributed by atoms with van der Waals surface area (Å²) in [7, 11) is 0. The zero-order valence-corrected chi connectivity index (χ0v) is 10.7. The van der Waals surface area contributed by atoms with Crippen LogP contribution in [-0.2, 0) is 5.54 Å². The predicted octanol–water partition coefficient (Wildman–Crippen LogP) is 3.69. The fourth-order valence-corrected chi connectivity index (χ4v) is 3.69. The molecule has 2 fully saturated rings. The first kappa shape index (κ1) is 10.1. The fraction of sp³-hybridized carbons (Fsp3) is 0.500. The van der Waals surface area contributed by atoms with Crippen molar-refractivity contribution in [2.75, 3.05) is 0 Å². The van der Waals surface area contributed by atoms with Gasteiger partial charge in [-0.3, -0.25) is 0 Å². The average Bonchev–Trinajstić information content (AvgIpc) is 2.66. The summed E-state index contributed by atoms with van der Waals surface area (Å²) in [6, 6.07) is 6.09. The van der Waals surface area contributed by atoms with Gasteiger partial charge >= 0.3 is 0 Å². The maximum Gasteiger partial charge on any atom is 0.0548 e. The molecule has 80 valence electrons.